The highest BCUT2D eigenvalue weighted by atomic mass is 16.6. The van der Waals surface area contributed by atoms with Gasteiger partial charge in [0.2, 0.25) is 0 Å². The quantitative estimate of drug-likeness (QED) is 0.645. The minimum absolute atomic E-state index is 0.203. The van der Waals surface area contributed by atoms with Crippen molar-refractivity contribution in [3.63, 3.8) is 0 Å². The fourth-order valence-corrected chi connectivity index (χ4v) is 3.55. The highest BCUT2D eigenvalue weighted by molar-refractivity contribution is 5.94. The number of carbonyl (C=O) groups is 3. The Kier molecular flexibility index (Phi) is 6.74. The molecule has 3 rings (SSSR count). The molecule has 0 unspecified atom stereocenters. The molecular formula is C21H26N2O6. The van der Waals surface area contributed by atoms with E-state index in [1.807, 2.05) is 25.1 Å². The SMILES string of the molecule is CCOC(=O)C1=C(COC(=O)COc2ccc3c(c2)CCC3)NC(=O)N[C@@H]1CC. The van der Waals surface area contributed by atoms with Crippen LogP contribution in [0, 0.1) is 0 Å². The van der Waals surface area contributed by atoms with Gasteiger partial charge in [-0.25, -0.2) is 14.4 Å². The lowest BCUT2D eigenvalue weighted by Crippen LogP contribution is -2.51. The van der Waals surface area contributed by atoms with Crippen LogP contribution in [0.4, 0.5) is 4.79 Å². The number of aryl methyl sites for hydroxylation is 2. The number of nitrogens with one attached hydrogen (secondary N) is 2. The molecule has 156 valence electrons. The topological polar surface area (TPSA) is 103 Å². The van der Waals surface area contributed by atoms with Crippen molar-refractivity contribution in [2.24, 2.45) is 0 Å². The summed E-state index contributed by atoms with van der Waals surface area (Å²) in [5.74, 6) is -0.524. The van der Waals surface area contributed by atoms with Gasteiger partial charge in [0.25, 0.3) is 0 Å². The van der Waals surface area contributed by atoms with Gasteiger partial charge in [-0.2, -0.15) is 0 Å². The van der Waals surface area contributed by atoms with Crippen LogP contribution in [-0.2, 0) is 31.9 Å². The Morgan fingerprint density at radius 3 is 2.69 bits per heavy atom. The summed E-state index contributed by atoms with van der Waals surface area (Å²) in [7, 11) is 0. The van der Waals surface area contributed by atoms with Gasteiger partial charge in [-0.3, -0.25) is 0 Å². The summed E-state index contributed by atoms with van der Waals surface area (Å²) in [4.78, 5) is 36.3. The van der Waals surface area contributed by atoms with Crippen LogP contribution >= 0.6 is 0 Å². The van der Waals surface area contributed by atoms with Gasteiger partial charge in [0.1, 0.15) is 12.4 Å². The van der Waals surface area contributed by atoms with Crippen LogP contribution in [0.3, 0.4) is 0 Å². The predicted molar refractivity (Wildman–Crippen MR) is 104 cm³/mol. The lowest BCUT2D eigenvalue weighted by Gasteiger charge is -2.28. The lowest BCUT2D eigenvalue weighted by atomic mass is 10.0. The Bertz CT molecular complexity index is 832. The molecule has 8 nitrogen and oxygen atoms in total. The molecule has 0 fully saturated rings. The maximum absolute atomic E-state index is 12.3. The Morgan fingerprint density at radius 1 is 1.14 bits per heavy atom. The van der Waals surface area contributed by atoms with E-state index in [0.717, 1.165) is 19.3 Å². The highest BCUT2D eigenvalue weighted by Gasteiger charge is 2.32. The summed E-state index contributed by atoms with van der Waals surface area (Å²) < 4.78 is 15.8. The molecule has 0 aromatic heterocycles. The molecule has 0 bridgehead atoms. The summed E-state index contributed by atoms with van der Waals surface area (Å²) in [5, 5.41) is 5.20. The summed E-state index contributed by atoms with van der Waals surface area (Å²) >= 11 is 0. The van der Waals surface area contributed by atoms with Crippen LogP contribution in [-0.4, -0.2) is 43.8 Å². The number of hydrogen-bond acceptors (Lipinski definition) is 6. The van der Waals surface area contributed by atoms with Crippen LogP contribution in [0.25, 0.3) is 0 Å². The van der Waals surface area contributed by atoms with E-state index in [4.69, 9.17) is 14.2 Å². The number of hydrogen-bond donors (Lipinski definition) is 2. The van der Waals surface area contributed by atoms with Gasteiger partial charge in [-0.1, -0.05) is 13.0 Å². The van der Waals surface area contributed by atoms with Crippen molar-refractivity contribution in [2.45, 2.75) is 45.6 Å². The second-order valence-corrected chi connectivity index (χ2v) is 6.91. The molecule has 1 aliphatic carbocycles. The fourth-order valence-electron chi connectivity index (χ4n) is 3.55. The maximum atomic E-state index is 12.3. The van der Waals surface area contributed by atoms with Crippen LogP contribution in [0.1, 0.15) is 37.8 Å². The van der Waals surface area contributed by atoms with Crippen molar-refractivity contribution in [1.82, 2.24) is 10.6 Å². The van der Waals surface area contributed by atoms with E-state index in [1.54, 1.807) is 6.92 Å². The van der Waals surface area contributed by atoms with E-state index in [2.05, 4.69) is 10.6 Å². The summed E-state index contributed by atoms with van der Waals surface area (Å²) in [6.45, 7) is 3.23. The molecule has 2 aliphatic rings. The Hall–Kier alpha value is -3.03. The summed E-state index contributed by atoms with van der Waals surface area (Å²) in [6.07, 6.45) is 3.74. The molecule has 1 aromatic carbocycles. The molecule has 1 heterocycles. The molecule has 1 aromatic rings. The number of carbonyl (C=O) groups excluding carboxylic acids is 3. The molecule has 8 heteroatoms. The predicted octanol–water partition coefficient (Wildman–Crippen LogP) is 2.01. The highest BCUT2D eigenvalue weighted by Crippen LogP contribution is 2.26. The van der Waals surface area contributed by atoms with Gasteiger partial charge in [-0.05, 0) is 55.9 Å². The van der Waals surface area contributed by atoms with Crippen molar-refractivity contribution >= 4 is 18.0 Å². The largest absolute Gasteiger partial charge is 0.482 e. The third-order valence-corrected chi connectivity index (χ3v) is 4.95. The maximum Gasteiger partial charge on any atom is 0.344 e. The van der Waals surface area contributed by atoms with Gasteiger partial charge in [0.15, 0.2) is 6.61 Å². The normalized spacial score (nSPS) is 17.9. The Labute approximate surface area is 169 Å². The number of rotatable bonds is 8. The first-order valence-corrected chi connectivity index (χ1v) is 9.89. The monoisotopic (exact) mass is 402 g/mol. The fraction of sp³-hybridized carbons (Fsp3) is 0.476. The first kappa shape index (κ1) is 20.7. The molecule has 2 amide bonds. The molecule has 0 saturated carbocycles. The molecule has 1 aliphatic heterocycles. The second-order valence-electron chi connectivity index (χ2n) is 6.91. The van der Waals surface area contributed by atoms with Gasteiger partial charge in [-0.15, -0.1) is 0 Å². The number of amides is 2. The smallest absolute Gasteiger partial charge is 0.344 e. The molecule has 0 saturated heterocycles. The zero-order chi connectivity index (χ0) is 20.8. The average molecular weight is 402 g/mol. The number of esters is 2. The first-order chi connectivity index (χ1) is 14.0. The Balaban J connectivity index is 1.60. The number of urea groups is 1. The van der Waals surface area contributed by atoms with Crippen molar-refractivity contribution < 1.29 is 28.6 Å². The van der Waals surface area contributed by atoms with Gasteiger partial charge in [0, 0.05) is 0 Å². The van der Waals surface area contributed by atoms with Crippen LogP contribution in [0.5, 0.6) is 5.75 Å². The van der Waals surface area contributed by atoms with Crippen molar-refractivity contribution in [1.29, 1.82) is 0 Å². The molecule has 2 N–H and O–H groups in total. The van der Waals surface area contributed by atoms with Gasteiger partial charge in [0.05, 0.1) is 23.9 Å². The average Bonchev–Trinajstić information content (AvgIpc) is 3.18. The molecule has 29 heavy (non-hydrogen) atoms. The van der Waals surface area contributed by atoms with E-state index < -0.39 is 24.0 Å². The first-order valence-electron chi connectivity index (χ1n) is 9.89. The standard InChI is InChI=1S/C21H26N2O6/c1-3-16-19(20(25)27-4-2)17(23-21(26)22-16)11-29-18(24)12-28-15-9-8-13-6-5-7-14(13)10-15/h8-10,16H,3-7,11-12H2,1-2H3,(H2,22,23,26)/t16-/m1/s1. The summed E-state index contributed by atoms with van der Waals surface area (Å²) in [5.41, 5.74) is 3.07. The van der Waals surface area contributed by atoms with E-state index in [0.29, 0.717) is 12.2 Å². The Morgan fingerprint density at radius 2 is 1.93 bits per heavy atom. The minimum Gasteiger partial charge on any atom is -0.482 e. The second kappa shape index (κ2) is 9.45. The van der Waals surface area contributed by atoms with E-state index in [1.165, 1.54) is 11.1 Å². The van der Waals surface area contributed by atoms with Crippen molar-refractivity contribution in [3.05, 3.63) is 40.6 Å². The van der Waals surface area contributed by atoms with Crippen LogP contribution in [0.15, 0.2) is 29.5 Å². The molecule has 0 radical (unpaired) electrons. The van der Waals surface area contributed by atoms with E-state index in [-0.39, 0.29) is 31.1 Å². The zero-order valence-corrected chi connectivity index (χ0v) is 16.7. The third-order valence-electron chi connectivity index (χ3n) is 4.95. The minimum atomic E-state index is -0.595. The van der Waals surface area contributed by atoms with Gasteiger partial charge >= 0.3 is 18.0 Å². The van der Waals surface area contributed by atoms with Crippen molar-refractivity contribution in [3.8, 4) is 5.75 Å². The summed E-state index contributed by atoms with van der Waals surface area (Å²) in [6, 6.07) is 4.87. The van der Waals surface area contributed by atoms with Crippen LogP contribution < -0.4 is 15.4 Å². The lowest BCUT2D eigenvalue weighted by molar-refractivity contribution is -0.145. The van der Waals surface area contributed by atoms with E-state index >= 15 is 0 Å². The van der Waals surface area contributed by atoms with Crippen molar-refractivity contribution in [2.75, 3.05) is 19.8 Å². The van der Waals surface area contributed by atoms with Crippen LogP contribution in [0.2, 0.25) is 0 Å². The number of ether oxygens (including phenoxy) is 3. The molecule has 1 atom stereocenters. The number of fused-ring (bicyclic) bond motifs is 1. The third kappa shape index (κ3) is 5.07. The molecular weight excluding hydrogens is 376 g/mol. The van der Waals surface area contributed by atoms with Gasteiger partial charge < -0.3 is 24.8 Å². The zero-order valence-electron chi connectivity index (χ0n) is 16.7. The van der Waals surface area contributed by atoms with E-state index in [9.17, 15) is 14.4 Å². The number of benzene rings is 1. The molecule has 0 spiro atoms.